The van der Waals surface area contributed by atoms with Gasteiger partial charge in [0.15, 0.2) is 28.4 Å². The molecule has 15 heteroatoms. The Kier molecular flexibility index (Phi) is 13.1. The molecule has 40 heavy (non-hydrogen) atoms. The second-order valence-electron chi connectivity index (χ2n) is 8.02. The topological polar surface area (TPSA) is 224 Å². The van der Waals surface area contributed by atoms with Crippen LogP contribution in [-0.4, -0.2) is 62.3 Å². The third-order valence-corrected chi connectivity index (χ3v) is 5.51. The van der Waals surface area contributed by atoms with Gasteiger partial charge in [0.1, 0.15) is 17.1 Å². The van der Waals surface area contributed by atoms with Crippen LogP contribution in [0.3, 0.4) is 0 Å². The Labute approximate surface area is 261 Å². The number of nitrogen functional groups attached to an aromatic ring is 2. The molecule has 2 heterocycles. The second-order valence-corrected chi connectivity index (χ2v) is 8.38. The number of fused-ring (bicyclic) bond motifs is 1. The van der Waals surface area contributed by atoms with Crippen molar-refractivity contribution in [3.05, 3.63) is 87.0 Å². The van der Waals surface area contributed by atoms with Crippen LogP contribution in [0.5, 0.6) is 5.75 Å². The van der Waals surface area contributed by atoms with Crippen LogP contribution in [0.2, 0.25) is 5.15 Å². The van der Waals surface area contributed by atoms with Gasteiger partial charge in [-0.1, -0.05) is 54.1 Å². The van der Waals surface area contributed by atoms with E-state index in [1.807, 2.05) is 35.6 Å². The first-order valence-corrected chi connectivity index (χ1v) is 11.4. The number of carbonyl (C=O) groups is 2. The summed E-state index contributed by atoms with van der Waals surface area (Å²) in [7, 11) is 0. The van der Waals surface area contributed by atoms with Gasteiger partial charge in [-0.3, -0.25) is 20.3 Å². The van der Waals surface area contributed by atoms with Crippen LogP contribution in [0.1, 0.15) is 40.9 Å². The summed E-state index contributed by atoms with van der Waals surface area (Å²) in [6, 6.07) is 16.0. The summed E-state index contributed by atoms with van der Waals surface area (Å²) in [5, 5.41) is 19.8. The standard InChI is InChI=1S/C19H16O4.C6H8ClN7O.ClH.Na.H/c1-12(20)11-15(13-7-3-2-4-8-13)17-18(21)14-9-5-6-10-16(14)23-19(17)22;7-2-4(9)13-3(8)1(12-2)5(15)14-6(10)11;;;/h2-10,15,21H,11H2,1H3;(H4,8,9,13)(H4,10,11,14,15);1H;;. The van der Waals surface area contributed by atoms with Crippen molar-refractivity contribution in [2.75, 3.05) is 11.5 Å². The maximum absolute atomic E-state index is 12.4. The number of nitrogens with two attached hydrogens (primary N) is 3. The van der Waals surface area contributed by atoms with Crippen LogP contribution < -0.4 is 28.1 Å². The molecule has 0 fully saturated rings. The van der Waals surface area contributed by atoms with Gasteiger partial charge < -0.3 is 26.7 Å². The van der Waals surface area contributed by atoms with Crippen LogP contribution in [0.25, 0.3) is 11.0 Å². The van der Waals surface area contributed by atoms with Crippen molar-refractivity contribution in [1.29, 1.82) is 5.41 Å². The zero-order chi connectivity index (χ0) is 28.0. The number of carbonyl (C=O) groups excluding carboxylic acids is 2. The Hall–Kier alpha value is -3.68. The predicted octanol–water partition coefficient (Wildman–Crippen LogP) is 2.30. The Balaban J connectivity index is 0.000000414. The van der Waals surface area contributed by atoms with Crippen molar-refractivity contribution >= 4 is 93.8 Å². The van der Waals surface area contributed by atoms with E-state index in [1.54, 1.807) is 24.3 Å². The molecule has 2 aromatic heterocycles. The van der Waals surface area contributed by atoms with Gasteiger partial charge in [-0.05, 0) is 24.6 Å². The quantitative estimate of drug-likeness (QED) is 0.0851. The van der Waals surface area contributed by atoms with Crippen molar-refractivity contribution in [2.24, 2.45) is 5.73 Å². The van der Waals surface area contributed by atoms with E-state index in [2.05, 4.69) is 9.97 Å². The number of hydrogen-bond donors (Lipinski definition) is 6. The molecule has 0 aliphatic carbocycles. The summed E-state index contributed by atoms with van der Waals surface area (Å²) in [4.78, 5) is 42.6. The van der Waals surface area contributed by atoms with Gasteiger partial charge in [-0.25, -0.2) is 14.8 Å². The molecular weight excluding hydrogens is 572 g/mol. The summed E-state index contributed by atoms with van der Waals surface area (Å²) in [5.74, 6) is -2.28. The molecule has 0 saturated carbocycles. The Morgan fingerprint density at radius 1 is 1.07 bits per heavy atom. The molecule has 12 nitrogen and oxygen atoms in total. The third kappa shape index (κ3) is 8.41. The van der Waals surface area contributed by atoms with E-state index in [0.717, 1.165) is 5.56 Å². The molecule has 0 bridgehead atoms. The number of halogens is 2. The fraction of sp³-hybridized carbons (Fsp3) is 0.120. The molecule has 4 aromatic rings. The van der Waals surface area contributed by atoms with Gasteiger partial charge in [-0.2, -0.15) is 0 Å². The molecule has 0 aliphatic heterocycles. The summed E-state index contributed by atoms with van der Waals surface area (Å²) in [6.45, 7) is 1.47. The van der Waals surface area contributed by atoms with E-state index >= 15 is 0 Å². The number of anilines is 2. The number of guanidine groups is 1. The van der Waals surface area contributed by atoms with Gasteiger partial charge in [0.25, 0.3) is 5.91 Å². The number of amides is 1. The molecule has 4 rings (SSSR count). The zero-order valence-corrected chi connectivity index (χ0v) is 22.0. The normalized spacial score (nSPS) is 10.7. The van der Waals surface area contributed by atoms with Gasteiger partial charge in [-0.15, -0.1) is 12.4 Å². The van der Waals surface area contributed by atoms with E-state index in [9.17, 15) is 19.5 Å². The molecule has 9 N–H and O–H groups in total. The second kappa shape index (κ2) is 15.2. The van der Waals surface area contributed by atoms with E-state index in [0.29, 0.717) is 11.0 Å². The molecular formula is C25H26Cl2N7NaO5. The number of ketones is 1. The van der Waals surface area contributed by atoms with Crippen LogP contribution in [0.4, 0.5) is 11.6 Å². The summed E-state index contributed by atoms with van der Waals surface area (Å²) >= 11 is 5.55. The maximum atomic E-state index is 12.4. The van der Waals surface area contributed by atoms with Gasteiger partial charge >= 0.3 is 35.2 Å². The third-order valence-electron chi connectivity index (χ3n) is 5.23. The van der Waals surface area contributed by atoms with Crippen LogP contribution in [-0.2, 0) is 4.79 Å². The van der Waals surface area contributed by atoms with Crippen molar-refractivity contribution in [2.45, 2.75) is 19.3 Å². The molecule has 1 unspecified atom stereocenters. The molecule has 2 aromatic carbocycles. The SMILES string of the molecule is CC(=O)CC(c1ccccc1)c1c(O)c2ccccc2oc1=O.Cl.N=C(N)NC(=O)c1nc(Cl)c(N)nc1N.[NaH]. The molecule has 1 atom stereocenters. The molecule has 0 aliphatic rings. The Morgan fingerprint density at radius 3 is 2.27 bits per heavy atom. The summed E-state index contributed by atoms with van der Waals surface area (Å²) in [5.41, 5.74) is 16.0. The number of nitrogens with one attached hydrogen (secondary N) is 2. The number of aromatic nitrogens is 2. The first kappa shape index (κ1) is 34.3. The van der Waals surface area contributed by atoms with E-state index in [4.69, 9.17) is 38.6 Å². The predicted molar refractivity (Wildman–Crippen MR) is 157 cm³/mol. The minimum atomic E-state index is -0.769. The van der Waals surface area contributed by atoms with Crippen molar-refractivity contribution < 1.29 is 19.1 Å². The van der Waals surface area contributed by atoms with Gasteiger partial charge in [0.2, 0.25) is 0 Å². The molecule has 0 saturated heterocycles. The van der Waals surface area contributed by atoms with Gasteiger partial charge in [0.05, 0.1) is 10.9 Å². The first-order valence-electron chi connectivity index (χ1n) is 11.0. The average molecular weight is 598 g/mol. The van der Waals surface area contributed by atoms with E-state index in [1.165, 1.54) is 6.92 Å². The summed E-state index contributed by atoms with van der Waals surface area (Å²) in [6.07, 6.45) is 0.126. The molecule has 1 amide bonds. The average Bonchev–Trinajstić information content (AvgIpc) is 2.86. The Bertz CT molecular complexity index is 1590. The van der Waals surface area contributed by atoms with E-state index < -0.39 is 23.4 Å². The van der Waals surface area contributed by atoms with Crippen molar-refractivity contribution in [3.63, 3.8) is 0 Å². The van der Waals surface area contributed by atoms with Crippen LogP contribution in [0, 0.1) is 5.41 Å². The number of nitrogens with zero attached hydrogens (tertiary/aromatic N) is 2. The monoisotopic (exact) mass is 597 g/mol. The fourth-order valence-electron chi connectivity index (χ4n) is 3.60. The Morgan fingerprint density at radius 2 is 1.68 bits per heavy atom. The number of benzene rings is 2. The summed E-state index contributed by atoms with van der Waals surface area (Å²) < 4.78 is 5.33. The number of rotatable bonds is 5. The van der Waals surface area contributed by atoms with Crippen molar-refractivity contribution in [3.8, 4) is 5.75 Å². The minimum absolute atomic E-state index is 0. The number of aromatic hydroxyl groups is 1. The van der Waals surface area contributed by atoms with Gasteiger partial charge in [0, 0.05) is 12.3 Å². The number of para-hydroxylation sites is 1. The molecule has 0 spiro atoms. The molecule has 0 radical (unpaired) electrons. The van der Waals surface area contributed by atoms with Crippen LogP contribution >= 0.6 is 24.0 Å². The van der Waals surface area contributed by atoms with Crippen molar-refractivity contribution in [1.82, 2.24) is 15.3 Å². The number of hydrogen-bond acceptors (Lipinski definition) is 10. The number of Topliss-reactive ketones (excluding diaryl/α,β-unsaturated/α-hetero) is 1. The zero-order valence-electron chi connectivity index (χ0n) is 20.5. The van der Waals surface area contributed by atoms with E-state index in [-0.39, 0.29) is 88.0 Å². The van der Waals surface area contributed by atoms with Crippen LogP contribution in [0.15, 0.2) is 63.8 Å². The molecule has 206 valence electrons. The fourth-order valence-corrected chi connectivity index (χ4v) is 3.73. The first-order chi connectivity index (χ1) is 18.0.